The Bertz CT molecular complexity index is 311. The number of hydrogen-bond donors (Lipinski definition) is 2. The highest BCUT2D eigenvalue weighted by Gasteiger charge is 1.99. The Morgan fingerprint density at radius 1 is 1.25 bits per heavy atom. The maximum absolute atomic E-state index is 11.3. The van der Waals surface area contributed by atoms with Gasteiger partial charge in [0.15, 0.2) is 0 Å². The molecule has 0 spiro atoms. The van der Waals surface area contributed by atoms with Crippen molar-refractivity contribution in [3.8, 4) is 0 Å². The molecule has 1 amide bonds. The second-order valence-corrected chi connectivity index (χ2v) is 3.53. The van der Waals surface area contributed by atoms with E-state index in [1.165, 1.54) is 5.56 Å². The highest BCUT2D eigenvalue weighted by Crippen LogP contribution is 2.09. The van der Waals surface area contributed by atoms with Gasteiger partial charge in [-0.25, -0.2) is 0 Å². The fraction of sp³-hybridized carbons (Fsp3) is 0.417. The molecule has 0 aliphatic carbocycles. The van der Waals surface area contributed by atoms with Crippen molar-refractivity contribution in [1.82, 2.24) is 5.32 Å². The molecule has 0 heterocycles. The Kier molecular flexibility index (Phi) is 7.60. The summed E-state index contributed by atoms with van der Waals surface area (Å²) >= 11 is 0. The smallest absolute Gasteiger partial charge is 0.224 e. The van der Waals surface area contributed by atoms with Crippen LogP contribution in [-0.4, -0.2) is 13.0 Å². The average molecular weight is 243 g/mol. The van der Waals surface area contributed by atoms with Crippen molar-refractivity contribution < 1.29 is 4.79 Å². The van der Waals surface area contributed by atoms with Crippen LogP contribution in [0.2, 0.25) is 0 Å². The van der Waals surface area contributed by atoms with Gasteiger partial charge >= 0.3 is 0 Å². The van der Waals surface area contributed by atoms with Crippen molar-refractivity contribution in [2.75, 3.05) is 12.4 Å². The van der Waals surface area contributed by atoms with E-state index in [9.17, 15) is 4.79 Å². The molecule has 16 heavy (non-hydrogen) atoms. The monoisotopic (exact) mass is 242 g/mol. The van der Waals surface area contributed by atoms with Gasteiger partial charge in [-0.2, -0.15) is 0 Å². The van der Waals surface area contributed by atoms with Crippen molar-refractivity contribution in [3.63, 3.8) is 0 Å². The van der Waals surface area contributed by atoms with Gasteiger partial charge in [-0.05, 0) is 31.2 Å². The standard InChI is InChI=1S/C12H18N2O.ClH/c1-3-4-12(15)14-11-7-5-10(6-8-11)9-13-2;/h5-8,13H,3-4,9H2,1-2H3,(H,14,15);1H. The molecule has 1 aromatic carbocycles. The van der Waals surface area contributed by atoms with E-state index in [4.69, 9.17) is 0 Å². The molecule has 1 rings (SSSR count). The fourth-order valence-electron chi connectivity index (χ4n) is 1.36. The SMILES string of the molecule is CCCC(=O)Nc1ccc(CNC)cc1.Cl. The quantitative estimate of drug-likeness (QED) is 0.833. The molecule has 0 aliphatic heterocycles. The van der Waals surface area contributed by atoms with Gasteiger partial charge in [0.05, 0.1) is 0 Å². The number of amides is 1. The van der Waals surface area contributed by atoms with Crippen LogP contribution in [0.1, 0.15) is 25.3 Å². The molecule has 0 atom stereocenters. The third kappa shape index (κ3) is 5.14. The molecule has 0 saturated heterocycles. The van der Waals surface area contributed by atoms with Crippen LogP contribution in [0.15, 0.2) is 24.3 Å². The third-order valence-electron chi connectivity index (χ3n) is 2.10. The fourth-order valence-corrected chi connectivity index (χ4v) is 1.36. The van der Waals surface area contributed by atoms with Crippen LogP contribution < -0.4 is 10.6 Å². The molecule has 0 unspecified atom stereocenters. The van der Waals surface area contributed by atoms with Gasteiger partial charge < -0.3 is 10.6 Å². The van der Waals surface area contributed by atoms with E-state index in [1.807, 2.05) is 38.2 Å². The van der Waals surface area contributed by atoms with Crippen molar-refractivity contribution in [3.05, 3.63) is 29.8 Å². The average Bonchev–Trinajstić information content (AvgIpc) is 2.22. The molecule has 4 heteroatoms. The highest BCUT2D eigenvalue weighted by atomic mass is 35.5. The number of carbonyl (C=O) groups excluding carboxylic acids is 1. The molecular formula is C12H19ClN2O. The number of halogens is 1. The first-order valence-corrected chi connectivity index (χ1v) is 5.29. The van der Waals surface area contributed by atoms with Gasteiger partial charge in [0.25, 0.3) is 0 Å². The van der Waals surface area contributed by atoms with E-state index in [-0.39, 0.29) is 18.3 Å². The number of anilines is 1. The number of hydrogen-bond acceptors (Lipinski definition) is 2. The highest BCUT2D eigenvalue weighted by molar-refractivity contribution is 5.90. The van der Waals surface area contributed by atoms with Gasteiger partial charge in [0.2, 0.25) is 5.91 Å². The molecule has 3 nitrogen and oxygen atoms in total. The zero-order valence-electron chi connectivity index (χ0n) is 9.75. The summed E-state index contributed by atoms with van der Waals surface area (Å²) in [6.07, 6.45) is 1.46. The third-order valence-corrected chi connectivity index (χ3v) is 2.10. The second-order valence-electron chi connectivity index (χ2n) is 3.53. The van der Waals surface area contributed by atoms with E-state index >= 15 is 0 Å². The molecule has 1 aromatic rings. The van der Waals surface area contributed by atoms with E-state index in [0.29, 0.717) is 6.42 Å². The van der Waals surface area contributed by atoms with Crippen LogP contribution in [0.4, 0.5) is 5.69 Å². The summed E-state index contributed by atoms with van der Waals surface area (Å²) in [6, 6.07) is 7.89. The minimum absolute atomic E-state index is 0. The van der Waals surface area contributed by atoms with Crippen LogP contribution in [0.5, 0.6) is 0 Å². The molecular weight excluding hydrogens is 224 g/mol. The Balaban J connectivity index is 0.00000225. The van der Waals surface area contributed by atoms with Crippen LogP contribution in [0, 0.1) is 0 Å². The van der Waals surface area contributed by atoms with Gasteiger partial charge in [-0.15, -0.1) is 12.4 Å². The number of benzene rings is 1. The van der Waals surface area contributed by atoms with Crippen molar-refractivity contribution in [2.24, 2.45) is 0 Å². The minimum Gasteiger partial charge on any atom is -0.326 e. The first-order valence-electron chi connectivity index (χ1n) is 5.29. The van der Waals surface area contributed by atoms with E-state index in [0.717, 1.165) is 18.7 Å². The summed E-state index contributed by atoms with van der Waals surface area (Å²) < 4.78 is 0. The van der Waals surface area contributed by atoms with Crippen LogP contribution >= 0.6 is 12.4 Å². The molecule has 0 fully saturated rings. The predicted octanol–water partition coefficient (Wildman–Crippen LogP) is 2.57. The normalized spacial score (nSPS) is 9.38. The van der Waals surface area contributed by atoms with E-state index < -0.39 is 0 Å². The van der Waals surface area contributed by atoms with Gasteiger partial charge in [-0.1, -0.05) is 19.1 Å². The second kappa shape index (κ2) is 8.13. The lowest BCUT2D eigenvalue weighted by Gasteiger charge is -2.05. The molecule has 0 radical (unpaired) electrons. The zero-order chi connectivity index (χ0) is 11.1. The summed E-state index contributed by atoms with van der Waals surface area (Å²) in [7, 11) is 1.91. The molecule has 0 aromatic heterocycles. The first-order chi connectivity index (χ1) is 7.26. The topological polar surface area (TPSA) is 41.1 Å². The number of carbonyl (C=O) groups is 1. The van der Waals surface area contributed by atoms with E-state index in [2.05, 4.69) is 10.6 Å². The lowest BCUT2D eigenvalue weighted by atomic mass is 10.2. The Hall–Kier alpha value is -1.06. The maximum atomic E-state index is 11.3. The molecule has 0 aliphatic rings. The Labute approximate surface area is 103 Å². The van der Waals surface area contributed by atoms with Crippen LogP contribution in [0.25, 0.3) is 0 Å². The van der Waals surface area contributed by atoms with Gasteiger partial charge in [0, 0.05) is 18.7 Å². The zero-order valence-corrected chi connectivity index (χ0v) is 10.6. The van der Waals surface area contributed by atoms with Crippen LogP contribution in [-0.2, 0) is 11.3 Å². The number of rotatable bonds is 5. The lowest BCUT2D eigenvalue weighted by Crippen LogP contribution is -2.10. The largest absolute Gasteiger partial charge is 0.326 e. The minimum atomic E-state index is 0. The number of nitrogens with one attached hydrogen (secondary N) is 2. The summed E-state index contributed by atoms with van der Waals surface area (Å²) in [5, 5.41) is 5.93. The molecule has 2 N–H and O–H groups in total. The lowest BCUT2D eigenvalue weighted by molar-refractivity contribution is -0.116. The predicted molar refractivity (Wildman–Crippen MR) is 70.0 cm³/mol. The summed E-state index contributed by atoms with van der Waals surface area (Å²) in [5.74, 6) is 0.0823. The first kappa shape index (κ1) is 14.9. The molecule has 90 valence electrons. The summed E-state index contributed by atoms with van der Waals surface area (Å²) in [5.41, 5.74) is 2.08. The van der Waals surface area contributed by atoms with Crippen molar-refractivity contribution in [2.45, 2.75) is 26.3 Å². The molecule has 0 saturated carbocycles. The summed E-state index contributed by atoms with van der Waals surface area (Å²) in [6.45, 7) is 2.85. The Morgan fingerprint density at radius 3 is 2.38 bits per heavy atom. The molecule has 0 bridgehead atoms. The van der Waals surface area contributed by atoms with Gasteiger partial charge in [-0.3, -0.25) is 4.79 Å². The van der Waals surface area contributed by atoms with Crippen molar-refractivity contribution in [1.29, 1.82) is 0 Å². The van der Waals surface area contributed by atoms with E-state index in [1.54, 1.807) is 0 Å². The maximum Gasteiger partial charge on any atom is 0.224 e. The summed E-state index contributed by atoms with van der Waals surface area (Å²) in [4.78, 5) is 11.3. The Morgan fingerprint density at radius 2 is 1.88 bits per heavy atom. The van der Waals surface area contributed by atoms with Gasteiger partial charge in [0.1, 0.15) is 0 Å². The van der Waals surface area contributed by atoms with Crippen molar-refractivity contribution >= 4 is 24.0 Å². The van der Waals surface area contributed by atoms with Crippen LogP contribution in [0.3, 0.4) is 0 Å².